The van der Waals surface area contributed by atoms with Crippen molar-refractivity contribution in [2.24, 2.45) is 0 Å². The summed E-state index contributed by atoms with van der Waals surface area (Å²) in [6.07, 6.45) is 3.54. The van der Waals surface area contributed by atoms with Crippen molar-refractivity contribution in [2.45, 2.75) is 0 Å². The maximum atomic E-state index is 11.6. The molecule has 0 aromatic heterocycles. The Kier molecular flexibility index (Phi) is 2.70. The first kappa shape index (κ1) is 11.0. The van der Waals surface area contributed by atoms with E-state index in [9.17, 15) is 19.5 Å². The maximum absolute atomic E-state index is 11.6. The van der Waals surface area contributed by atoms with Crippen molar-refractivity contribution in [1.82, 2.24) is 0 Å². The van der Waals surface area contributed by atoms with Crippen molar-refractivity contribution >= 4 is 23.1 Å². The lowest BCUT2D eigenvalue weighted by atomic mass is 9.95. The Balaban J connectivity index is 2.47. The van der Waals surface area contributed by atoms with E-state index in [0.717, 1.165) is 0 Å². The van der Waals surface area contributed by atoms with Crippen LogP contribution in [0.25, 0.3) is 5.57 Å². The zero-order valence-electron chi connectivity index (χ0n) is 8.67. The zero-order chi connectivity index (χ0) is 12.4. The second-order valence-electron chi connectivity index (χ2n) is 3.53. The van der Waals surface area contributed by atoms with Gasteiger partial charge in [0.15, 0.2) is 11.6 Å². The molecule has 1 aromatic carbocycles. The molecule has 4 nitrogen and oxygen atoms in total. The van der Waals surface area contributed by atoms with Gasteiger partial charge in [-0.1, -0.05) is 18.2 Å². The van der Waals surface area contributed by atoms with E-state index in [4.69, 9.17) is 0 Å². The van der Waals surface area contributed by atoms with Crippen LogP contribution in [0.3, 0.4) is 0 Å². The molecule has 1 aromatic rings. The number of rotatable bonds is 2. The highest BCUT2D eigenvalue weighted by Gasteiger charge is 2.15. The number of hydrogen-bond acceptors (Lipinski definition) is 4. The summed E-state index contributed by atoms with van der Waals surface area (Å²) in [6, 6.07) is 5.75. The summed E-state index contributed by atoms with van der Waals surface area (Å²) in [5, 5.41) is 10.7. The first-order chi connectivity index (χ1) is 8.08. The second-order valence-corrected chi connectivity index (χ2v) is 3.53. The van der Waals surface area contributed by atoms with Crippen molar-refractivity contribution < 1.29 is 19.5 Å². The molecular formula is C13H7O4-. The van der Waals surface area contributed by atoms with Gasteiger partial charge in [0.1, 0.15) is 0 Å². The van der Waals surface area contributed by atoms with Gasteiger partial charge in [0.2, 0.25) is 0 Å². The standard InChI is InChI=1S/C13H8O4/c14-10-4-5-12(15)11(7-10)8-2-1-3-9(6-8)13(16)17/h1-7H,(H,16,17)/p-1. The first-order valence-electron chi connectivity index (χ1n) is 4.88. The molecule has 84 valence electrons. The smallest absolute Gasteiger partial charge is 0.186 e. The van der Waals surface area contributed by atoms with Crippen molar-refractivity contribution in [3.05, 3.63) is 53.6 Å². The maximum Gasteiger partial charge on any atom is 0.186 e. The highest BCUT2D eigenvalue weighted by Crippen LogP contribution is 2.20. The van der Waals surface area contributed by atoms with Gasteiger partial charge in [-0.3, -0.25) is 9.59 Å². The Hall–Kier alpha value is -2.49. The molecule has 0 fully saturated rings. The second kappa shape index (κ2) is 4.17. The number of benzene rings is 1. The van der Waals surface area contributed by atoms with Gasteiger partial charge in [0, 0.05) is 5.57 Å². The summed E-state index contributed by atoms with van der Waals surface area (Å²) in [7, 11) is 0. The van der Waals surface area contributed by atoms with E-state index in [1.807, 2.05) is 0 Å². The predicted octanol–water partition coefficient (Wildman–Crippen LogP) is 0.141. The van der Waals surface area contributed by atoms with Crippen LogP contribution in [0.1, 0.15) is 15.9 Å². The summed E-state index contributed by atoms with van der Waals surface area (Å²) in [6.45, 7) is 0. The molecule has 2 rings (SSSR count). The number of aromatic carboxylic acids is 1. The van der Waals surface area contributed by atoms with Crippen LogP contribution >= 0.6 is 0 Å². The van der Waals surface area contributed by atoms with Crippen LogP contribution < -0.4 is 5.11 Å². The molecule has 0 aliphatic heterocycles. The van der Waals surface area contributed by atoms with Crippen molar-refractivity contribution in [3.63, 3.8) is 0 Å². The van der Waals surface area contributed by atoms with Crippen LogP contribution in [-0.2, 0) is 9.59 Å². The fraction of sp³-hybridized carbons (Fsp3) is 0. The Morgan fingerprint density at radius 2 is 1.88 bits per heavy atom. The molecule has 1 aliphatic carbocycles. The molecule has 1 aliphatic rings. The molecule has 4 heteroatoms. The summed E-state index contributed by atoms with van der Waals surface area (Å²) in [5.74, 6) is -1.93. The van der Waals surface area contributed by atoms with Gasteiger partial charge in [-0.05, 0) is 35.4 Å². The minimum absolute atomic E-state index is 0.0294. The van der Waals surface area contributed by atoms with Crippen molar-refractivity contribution in [1.29, 1.82) is 0 Å². The molecule has 0 saturated heterocycles. The Labute approximate surface area is 96.9 Å². The Morgan fingerprint density at radius 3 is 2.59 bits per heavy atom. The van der Waals surface area contributed by atoms with Crippen LogP contribution in [0.15, 0.2) is 42.5 Å². The number of carboxylic acid groups (broad SMARTS) is 1. The molecule has 0 saturated carbocycles. The molecular weight excluding hydrogens is 220 g/mol. The highest BCUT2D eigenvalue weighted by molar-refractivity contribution is 6.34. The number of carboxylic acids is 1. The third kappa shape index (κ3) is 2.20. The molecule has 0 heterocycles. The fourth-order valence-electron chi connectivity index (χ4n) is 1.55. The minimum Gasteiger partial charge on any atom is -0.545 e. The average Bonchev–Trinajstić information content (AvgIpc) is 2.32. The van der Waals surface area contributed by atoms with E-state index >= 15 is 0 Å². The van der Waals surface area contributed by atoms with Gasteiger partial charge in [0.25, 0.3) is 0 Å². The fourth-order valence-corrected chi connectivity index (χ4v) is 1.55. The van der Waals surface area contributed by atoms with E-state index in [0.29, 0.717) is 5.56 Å². The van der Waals surface area contributed by atoms with E-state index in [-0.39, 0.29) is 22.7 Å². The summed E-state index contributed by atoms with van der Waals surface area (Å²) in [4.78, 5) is 33.4. The number of carbonyl (C=O) groups excluding carboxylic acids is 3. The SMILES string of the molecule is O=C1C=CC(=O)C(c2cccc(C(=O)[O-])c2)=C1. The summed E-state index contributed by atoms with van der Waals surface area (Å²) < 4.78 is 0. The lowest BCUT2D eigenvalue weighted by Crippen LogP contribution is -2.22. The molecule has 0 spiro atoms. The van der Waals surface area contributed by atoms with Gasteiger partial charge < -0.3 is 9.90 Å². The van der Waals surface area contributed by atoms with E-state index in [2.05, 4.69) is 0 Å². The number of ketones is 2. The molecule has 0 atom stereocenters. The van der Waals surface area contributed by atoms with E-state index in [1.54, 1.807) is 6.07 Å². The van der Waals surface area contributed by atoms with Crippen LogP contribution in [0.2, 0.25) is 0 Å². The van der Waals surface area contributed by atoms with E-state index < -0.39 is 5.97 Å². The number of carbonyl (C=O) groups is 3. The highest BCUT2D eigenvalue weighted by atomic mass is 16.4. The van der Waals surface area contributed by atoms with Crippen molar-refractivity contribution in [2.75, 3.05) is 0 Å². The summed E-state index contributed by atoms with van der Waals surface area (Å²) >= 11 is 0. The molecule has 0 bridgehead atoms. The minimum atomic E-state index is -1.32. The van der Waals surface area contributed by atoms with Gasteiger partial charge in [-0.25, -0.2) is 0 Å². The lowest BCUT2D eigenvalue weighted by Gasteiger charge is -2.09. The monoisotopic (exact) mass is 227 g/mol. The lowest BCUT2D eigenvalue weighted by molar-refractivity contribution is -0.255. The third-order valence-electron chi connectivity index (χ3n) is 2.36. The van der Waals surface area contributed by atoms with Crippen molar-refractivity contribution in [3.8, 4) is 0 Å². The summed E-state index contributed by atoms with van der Waals surface area (Å²) in [5.41, 5.74) is 0.563. The largest absolute Gasteiger partial charge is 0.545 e. The van der Waals surface area contributed by atoms with Gasteiger partial charge in [0.05, 0.1) is 5.97 Å². The van der Waals surface area contributed by atoms with Gasteiger partial charge in [-0.2, -0.15) is 0 Å². The molecule has 0 radical (unpaired) electrons. The van der Waals surface area contributed by atoms with Crippen LogP contribution in [0.5, 0.6) is 0 Å². The van der Waals surface area contributed by atoms with Crippen LogP contribution in [0, 0.1) is 0 Å². The first-order valence-corrected chi connectivity index (χ1v) is 4.88. The number of hydrogen-bond donors (Lipinski definition) is 0. The van der Waals surface area contributed by atoms with Gasteiger partial charge >= 0.3 is 0 Å². The predicted molar refractivity (Wildman–Crippen MR) is 57.9 cm³/mol. The molecule has 0 amide bonds. The topological polar surface area (TPSA) is 74.3 Å². The quantitative estimate of drug-likeness (QED) is 0.673. The Morgan fingerprint density at radius 1 is 1.12 bits per heavy atom. The molecule has 0 unspecified atom stereocenters. The van der Waals surface area contributed by atoms with Gasteiger partial charge in [-0.15, -0.1) is 0 Å². The zero-order valence-corrected chi connectivity index (χ0v) is 8.67. The van der Waals surface area contributed by atoms with Crippen LogP contribution in [-0.4, -0.2) is 17.5 Å². The average molecular weight is 227 g/mol. The Bertz CT molecular complexity index is 579. The van der Waals surface area contributed by atoms with E-state index in [1.165, 1.54) is 36.4 Å². The number of allylic oxidation sites excluding steroid dienone is 4. The van der Waals surface area contributed by atoms with Crippen LogP contribution in [0.4, 0.5) is 0 Å². The molecule has 0 N–H and O–H groups in total. The third-order valence-corrected chi connectivity index (χ3v) is 2.36. The molecule has 17 heavy (non-hydrogen) atoms. The normalized spacial score (nSPS) is 14.7.